The molecule has 2 rings (SSSR count). The SMILES string of the molecule is [2H]C1CCC([2H])C2NNNC12. The standard InChI is InChI=1S/C6H13N3/c1-2-4-6-5(3-1)7-9-8-6/h5-9H,1-4H2/i3D,4D. The highest BCUT2D eigenvalue weighted by molar-refractivity contribution is 4.87. The van der Waals surface area contributed by atoms with E-state index in [4.69, 9.17) is 2.74 Å². The Balaban J connectivity index is 2.08. The smallest absolute Gasteiger partial charge is 0.0393 e. The number of hydrogen-bond acceptors (Lipinski definition) is 3. The Bertz CT molecular complexity index is 139. The van der Waals surface area contributed by atoms with Gasteiger partial charge in [-0.3, -0.25) is 0 Å². The van der Waals surface area contributed by atoms with E-state index in [1.165, 1.54) is 0 Å². The highest BCUT2D eigenvalue weighted by atomic mass is 15.7. The zero-order valence-electron chi connectivity index (χ0n) is 7.22. The first-order valence-corrected chi connectivity index (χ1v) is 3.39. The molecule has 0 amide bonds. The van der Waals surface area contributed by atoms with Crippen LogP contribution in [0.25, 0.3) is 0 Å². The number of fused-ring (bicyclic) bond motifs is 1. The maximum atomic E-state index is 7.66. The third kappa shape index (κ3) is 0.956. The first-order valence-electron chi connectivity index (χ1n) is 4.55. The van der Waals surface area contributed by atoms with Crippen molar-refractivity contribution in [1.82, 2.24) is 16.4 Å². The summed E-state index contributed by atoms with van der Waals surface area (Å²) in [6.07, 6.45) is 1.55. The molecule has 1 saturated heterocycles. The lowest BCUT2D eigenvalue weighted by molar-refractivity contribution is 0.374. The monoisotopic (exact) mass is 129 g/mol. The van der Waals surface area contributed by atoms with Crippen molar-refractivity contribution in [3.63, 3.8) is 0 Å². The van der Waals surface area contributed by atoms with Crippen LogP contribution >= 0.6 is 0 Å². The molecule has 2 fully saturated rings. The number of nitrogens with one attached hydrogen (secondary N) is 3. The number of hydrazine groups is 2. The summed E-state index contributed by atoms with van der Waals surface area (Å²) in [5.41, 5.74) is 8.73. The summed E-state index contributed by atoms with van der Waals surface area (Å²) in [5, 5.41) is 0. The third-order valence-corrected chi connectivity index (χ3v) is 1.87. The van der Waals surface area contributed by atoms with E-state index in [9.17, 15) is 0 Å². The average molecular weight is 129 g/mol. The fourth-order valence-corrected chi connectivity index (χ4v) is 1.35. The van der Waals surface area contributed by atoms with Gasteiger partial charge in [-0.2, -0.15) is 5.53 Å². The Morgan fingerprint density at radius 2 is 1.67 bits per heavy atom. The first-order chi connectivity index (χ1) is 5.29. The Kier molecular flexibility index (Phi) is 0.976. The molecule has 4 unspecified atom stereocenters. The Labute approximate surface area is 58.0 Å². The Morgan fingerprint density at radius 3 is 2.22 bits per heavy atom. The molecule has 3 heteroatoms. The van der Waals surface area contributed by atoms with Gasteiger partial charge < -0.3 is 0 Å². The van der Waals surface area contributed by atoms with Crippen molar-refractivity contribution in [2.24, 2.45) is 0 Å². The van der Waals surface area contributed by atoms with Crippen molar-refractivity contribution in [3.8, 4) is 0 Å². The summed E-state index contributed by atoms with van der Waals surface area (Å²) >= 11 is 0. The van der Waals surface area contributed by atoms with Crippen molar-refractivity contribution < 1.29 is 2.74 Å². The fourth-order valence-electron chi connectivity index (χ4n) is 1.35. The third-order valence-electron chi connectivity index (χ3n) is 1.87. The minimum absolute atomic E-state index is 0.0656. The van der Waals surface area contributed by atoms with Crippen LogP contribution in [0.15, 0.2) is 0 Å². The molecule has 1 heterocycles. The zero-order valence-corrected chi connectivity index (χ0v) is 5.22. The summed E-state index contributed by atoms with van der Waals surface area (Å²) in [6.45, 7) is 0. The molecule has 0 aromatic rings. The largest absolute Gasteiger partial charge is 0.240 e. The molecule has 0 spiro atoms. The van der Waals surface area contributed by atoms with Crippen molar-refractivity contribution >= 4 is 0 Å². The van der Waals surface area contributed by atoms with E-state index < -0.39 is 0 Å². The van der Waals surface area contributed by atoms with Crippen LogP contribution in [-0.2, 0) is 0 Å². The second kappa shape index (κ2) is 2.25. The van der Waals surface area contributed by atoms with Crippen LogP contribution in [0.3, 0.4) is 0 Å². The van der Waals surface area contributed by atoms with Gasteiger partial charge in [0.05, 0.1) is 0 Å². The molecule has 9 heavy (non-hydrogen) atoms. The molecule has 1 saturated carbocycles. The van der Waals surface area contributed by atoms with Crippen LogP contribution in [0.2, 0.25) is 0 Å². The van der Waals surface area contributed by atoms with E-state index in [-0.39, 0.29) is 24.9 Å². The second-order valence-electron chi connectivity index (χ2n) is 2.51. The van der Waals surface area contributed by atoms with Crippen LogP contribution in [0.1, 0.15) is 28.4 Å². The normalized spacial score (nSPS) is 62.2. The molecule has 0 bridgehead atoms. The van der Waals surface area contributed by atoms with Gasteiger partial charge in [-0.1, -0.05) is 12.8 Å². The average Bonchev–Trinajstić information content (AvgIpc) is 2.45. The molecule has 1 aliphatic heterocycles. The van der Waals surface area contributed by atoms with Gasteiger partial charge in [-0.25, -0.2) is 10.9 Å². The molecule has 52 valence electrons. The molecule has 4 atom stereocenters. The lowest BCUT2D eigenvalue weighted by atomic mass is 9.92. The van der Waals surface area contributed by atoms with Crippen LogP contribution in [0.5, 0.6) is 0 Å². The van der Waals surface area contributed by atoms with Crippen LogP contribution in [-0.4, -0.2) is 12.1 Å². The lowest BCUT2D eigenvalue weighted by Crippen LogP contribution is -2.36. The van der Waals surface area contributed by atoms with Gasteiger partial charge in [0.1, 0.15) is 0 Å². The van der Waals surface area contributed by atoms with Crippen molar-refractivity contribution in [2.75, 3.05) is 0 Å². The molecule has 3 N–H and O–H groups in total. The highest BCUT2D eigenvalue weighted by Gasteiger charge is 2.28. The predicted octanol–water partition coefficient (Wildman–Crippen LogP) is -0.0900. The topological polar surface area (TPSA) is 36.1 Å². The zero-order chi connectivity index (χ0) is 7.84. The quantitative estimate of drug-likeness (QED) is 0.428. The molecule has 0 aromatic heterocycles. The van der Waals surface area contributed by atoms with Crippen LogP contribution in [0.4, 0.5) is 0 Å². The minimum Gasteiger partial charge on any atom is -0.240 e. The maximum absolute atomic E-state index is 7.66. The van der Waals surface area contributed by atoms with E-state index >= 15 is 0 Å². The first kappa shape index (κ1) is 3.91. The minimum atomic E-state index is -0.0656. The van der Waals surface area contributed by atoms with E-state index in [1.807, 2.05) is 0 Å². The van der Waals surface area contributed by atoms with Crippen LogP contribution in [0, 0.1) is 0 Å². The summed E-state index contributed by atoms with van der Waals surface area (Å²) in [4.78, 5) is 0. The van der Waals surface area contributed by atoms with Crippen LogP contribution < -0.4 is 16.4 Å². The van der Waals surface area contributed by atoms with E-state index in [1.54, 1.807) is 0 Å². The van der Waals surface area contributed by atoms with Crippen molar-refractivity contribution in [2.45, 2.75) is 37.7 Å². The molecule has 0 aromatic carbocycles. The number of hydrogen-bond donors (Lipinski definition) is 3. The summed E-state index contributed by atoms with van der Waals surface area (Å²) in [5.74, 6) is 0. The fraction of sp³-hybridized carbons (Fsp3) is 1.00. The predicted molar refractivity (Wildman–Crippen MR) is 35.5 cm³/mol. The van der Waals surface area contributed by atoms with Gasteiger partial charge in [0, 0.05) is 14.8 Å². The van der Waals surface area contributed by atoms with E-state index in [0.717, 1.165) is 12.8 Å². The molecule has 2 aliphatic rings. The van der Waals surface area contributed by atoms with E-state index in [2.05, 4.69) is 16.4 Å². The van der Waals surface area contributed by atoms with Gasteiger partial charge in [0.15, 0.2) is 0 Å². The highest BCUT2D eigenvalue weighted by Crippen LogP contribution is 2.19. The van der Waals surface area contributed by atoms with Crippen molar-refractivity contribution in [3.05, 3.63) is 0 Å². The summed E-state index contributed by atoms with van der Waals surface area (Å²) in [6, 6.07) is 0.234. The summed E-state index contributed by atoms with van der Waals surface area (Å²) in [7, 11) is 0. The second-order valence-corrected chi connectivity index (χ2v) is 2.51. The molecule has 3 nitrogen and oxygen atoms in total. The number of rotatable bonds is 0. The molecular weight excluding hydrogens is 114 g/mol. The van der Waals surface area contributed by atoms with Gasteiger partial charge in [-0.05, 0) is 12.8 Å². The van der Waals surface area contributed by atoms with Gasteiger partial charge in [0.25, 0.3) is 0 Å². The molecule has 1 aliphatic carbocycles. The lowest BCUT2D eigenvalue weighted by Gasteiger charge is -2.22. The molecule has 0 radical (unpaired) electrons. The Morgan fingerprint density at radius 1 is 1.11 bits per heavy atom. The maximum Gasteiger partial charge on any atom is 0.0393 e. The van der Waals surface area contributed by atoms with Gasteiger partial charge >= 0.3 is 0 Å². The van der Waals surface area contributed by atoms with Gasteiger partial charge in [-0.15, -0.1) is 0 Å². The van der Waals surface area contributed by atoms with Gasteiger partial charge in [0.2, 0.25) is 0 Å². The summed E-state index contributed by atoms with van der Waals surface area (Å²) < 4.78 is 15.3. The Hall–Kier alpha value is -0.120. The molecular formula is C6H13N3. The van der Waals surface area contributed by atoms with E-state index in [0.29, 0.717) is 0 Å². The van der Waals surface area contributed by atoms with Crippen molar-refractivity contribution in [1.29, 1.82) is 0 Å².